The minimum atomic E-state index is -0.200. The Labute approximate surface area is 185 Å². The van der Waals surface area contributed by atoms with E-state index in [2.05, 4.69) is 15.6 Å². The van der Waals surface area contributed by atoms with Crippen LogP contribution in [0.5, 0.6) is 11.5 Å². The van der Waals surface area contributed by atoms with E-state index < -0.39 is 0 Å². The highest BCUT2D eigenvalue weighted by Crippen LogP contribution is 2.27. The first-order valence-corrected chi connectivity index (χ1v) is 10.8. The molecule has 0 aliphatic carbocycles. The van der Waals surface area contributed by atoms with Gasteiger partial charge in [-0.15, -0.1) is 11.3 Å². The van der Waals surface area contributed by atoms with Gasteiger partial charge in [-0.05, 0) is 42.7 Å². The number of nitrogens with zero attached hydrogens (tertiary/aromatic N) is 1. The normalized spacial score (nSPS) is 10.4. The average molecular weight is 440 g/mol. The fourth-order valence-corrected chi connectivity index (χ4v) is 3.69. The lowest BCUT2D eigenvalue weighted by Crippen LogP contribution is -2.25. The molecule has 0 fully saturated rings. The van der Waals surface area contributed by atoms with E-state index >= 15 is 0 Å². The molecule has 0 unspecified atom stereocenters. The summed E-state index contributed by atoms with van der Waals surface area (Å²) in [5.41, 5.74) is 2.41. The van der Waals surface area contributed by atoms with E-state index in [1.54, 1.807) is 26.4 Å². The van der Waals surface area contributed by atoms with Gasteiger partial charge in [0.2, 0.25) is 5.91 Å². The molecule has 1 aromatic heterocycles. The topological polar surface area (TPSA) is 89.6 Å². The molecule has 0 aliphatic rings. The zero-order chi connectivity index (χ0) is 22.1. The number of hydrogen-bond donors (Lipinski definition) is 2. The molecule has 0 spiro atoms. The standard InChI is InChI=1S/C23H25N3O4S/c1-29-19-10-8-16(14-20(19)30-2)12-13-24-21(27)11-9-18-15-31-23(25-18)26-22(28)17-6-4-3-5-7-17/h3-8,10,14-15H,9,11-13H2,1-2H3,(H,24,27)(H,25,26,28). The zero-order valence-electron chi connectivity index (χ0n) is 17.5. The van der Waals surface area contributed by atoms with Crippen molar-refractivity contribution in [3.05, 3.63) is 70.7 Å². The minimum absolute atomic E-state index is 0.0386. The van der Waals surface area contributed by atoms with Gasteiger partial charge in [-0.2, -0.15) is 0 Å². The van der Waals surface area contributed by atoms with Crippen molar-refractivity contribution in [2.24, 2.45) is 0 Å². The summed E-state index contributed by atoms with van der Waals surface area (Å²) in [6.07, 6.45) is 1.54. The van der Waals surface area contributed by atoms with Gasteiger partial charge in [0.15, 0.2) is 16.6 Å². The number of amides is 2. The smallest absolute Gasteiger partial charge is 0.257 e. The number of carbonyl (C=O) groups is 2. The number of aromatic nitrogens is 1. The fraction of sp³-hybridized carbons (Fsp3) is 0.261. The molecule has 0 saturated carbocycles. The van der Waals surface area contributed by atoms with Crippen LogP contribution < -0.4 is 20.1 Å². The monoisotopic (exact) mass is 439 g/mol. The molecule has 3 rings (SSSR count). The molecule has 2 N–H and O–H groups in total. The number of benzene rings is 2. The van der Waals surface area contributed by atoms with E-state index in [4.69, 9.17) is 9.47 Å². The largest absolute Gasteiger partial charge is 0.493 e. The summed E-state index contributed by atoms with van der Waals surface area (Å²) < 4.78 is 10.5. The van der Waals surface area contributed by atoms with Crippen LogP contribution in [0.2, 0.25) is 0 Å². The van der Waals surface area contributed by atoms with E-state index in [1.807, 2.05) is 41.8 Å². The maximum atomic E-state index is 12.2. The number of hydrogen-bond acceptors (Lipinski definition) is 6. The van der Waals surface area contributed by atoms with E-state index in [-0.39, 0.29) is 11.8 Å². The third kappa shape index (κ3) is 6.55. The molecule has 162 valence electrons. The highest BCUT2D eigenvalue weighted by atomic mass is 32.1. The first-order valence-electron chi connectivity index (χ1n) is 9.87. The fourth-order valence-electron chi connectivity index (χ4n) is 2.95. The van der Waals surface area contributed by atoms with Crippen molar-refractivity contribution in [2.45, 2.75) is 19.3 Å². The molecule has 8 heteroatoms. The summed E-state index contributed by atoms with van der Waals surface area (Å²) in [4.78, 5) is 28.7. The third-order valence-electron chi connectivity index (χ3n) is 4.60. The van der Waals surface area contributed by atoms with Crippen LogP contribution >= 0.6 is 11.3 Å². The highest BCUT2D eigenvalue weighted by Gasteiger charge is 2.10. The second-order valence-electron chi connectivity index (χ2n) is 6.75. The Morgan fingerprint density at radius 2 is 1.77 bits per heavy atom. The molecule has 0 bridgehead atoms. The number of anilines is 1. The molecule has 0 saturated heterocycles. The number of carbonyl (C=O) groups excluding carboxylic acids is 2. The summed E-state index contributed by atoms with van der Waals surface area (Å²) in [5, 5.41) is 8.09. The van der Waals surface area contributed by atoms with E-state index in [0.717, 1.165) is 11.3 Å². The van der Waals surface area contributed by atoms with Crippen molar-refractivity contribution in [1.29, 1.82) is 0 Å². The van der Waals surface area contributed by atoms with Crippen LogP contribution in [0.15, 0.2) is 53.9 Å². The van der Waals surface area contributed by atoms with Crippen LogP contribution in [-0.2, 0) is 17.6 Å². The van der Waals surface area contributed by atoms with Crippen LogP contribution in [0.4, 0.5) is 5.13 Å². The van der Waals surface area contributed by atoms with Crippen molar-refractivity contribution in [3.63, 3.8) is 0 Å². The van der Waals surface area contributed by atoms with Gasteiger partial charge < -0.3 is 14.8 Å². The van der Waals surface area contributed by atoms with Gasteiger partial charge in [0.25, 0.3) is 5.91 Å². The van der Waals surface area contributed by atoms with Gasteiger partial charge in [-0.25, -0.2) is 4.98 Å². The van der Waals surface area contributed by atoms with Gasteiger partial charge in [-0.1, -0.05) is 24.3 Å². The number of nitrogens with one attached hydrogen (secondary N) is 2. The van der Waals surface area contributed by atoms with E-state index in [9.17, 15) is 9.59 Å². The number of ether oxygens (including phenoxy) is 2. The van der Waals surface area contributed by atoms with E-state index in [1.165, 1.54) is 11.3 Å². The second kappa shape index (κ2) is 11.1. The molecule has 0 radical (unpaired) electrons. The number of thiazole rings is 1. The van der Waals surface area contributed by atoms with Crippen molar-refractivity contribution in [1.82, 2.24) is 10.3 Å². The number of rotatable bonds is 10. The summed E-state index contributed by atoms with van der Waals surface area (Å²) in [7, 11) is 3.20. The van der Waals surface area contributed by atoms with Gasteiger partial charge in [-0.3, -0.25) is 14.9 Å². The Hall–Kier alpha value is -3.39. The molecule has 7 nitrogen and oxygen atoms in total. The number of methoxy groups -OCH3 is 2. The first kappa shape index (κ1) is 22.3. The summed E-state index contributed by atoms with van der Waals surface area (Å²) in [6, 6.07) is 14.7. The lowest BCUT2D eigenvalue weighted by atomic mass is 10.1. The van der Waals surface area contributed by atoms with Crippen LogP contribution in [0.25, 0.3) is 0 Å². The average Bonchev–Trinajstić information content (AvgIpc) is 3.25. The Bertz CT molecular complexity index is 1020. The van der Waals surface area contributed by atoms with Crippen molar-refractivity contribution >= 4 is 28.3 Å². The highest BCUT2D eigenvalue weighted by molar-refractivity contribution is 7.14. The minimum Gasteiger partial charge on any atom is -0.493 e. The van der Waals surface area contributed by atoms with Crippen LogP contribution in [0, 0.1) is 0 Å². The maximum Gasteiger partial charge on any atom is 0.257 e. The summed E-state index contributed by atoms with van der Waals surface area (Å²) >= 11 is 1.35. The molecule has 0 atom stereocenters. The summed E-state index contributed by atoms with van der Waals surface area (Å²) in [6.45, 7) is 0.532. The van der Waals surface area contributed by atoms with Gasteiger partial charge in [0.05, 0.1) is 19.9 Å². The van der Waals surface area contributed by atoms with Crippen LogP contribution in [0.3, 0.4) is 0 Å². The Kier molecular flexibility index (Phi) is 8.00. The lowest BCUT2D eigenvalue weighted by molar-refractivity contribution is -0.121. The molecule has 0 aliphatic heterocycles. The molecule has 31 heavy (non-hydrogen) atoms. The number of aryl methyl sites for hydroxylation is 1. The maximum absolute atomic E-state index is 12.2. The molecule has 2 amide bonds. The van der Waals surface area contributed by atoms with Crippen molar-refractivity contribution < 1.29 is 19.1 Å². The van der Waals surface area contributed by atoms with Gasteiger partial charge >= 0.3 is 0 Å². The Morgan fingerprint density at radius 3 is 2.52 bits per heavy atom. The van der Waals surface area contributed by atoms with Crippen molar-refractivity contribution in [3.8, 4) is 11.5 Å². The molecular weight excluding hydrogens is 414 g/mol. The van der Waals surface area contributed by atoms with E-state index in [0.29, 0.717) is 48.0 Å². The predicted molar refractivity (Wildman–Crippen MR) is 121 cm³/mol. The first-order chi connectivity index (χ1) is 15.1. The SMILES string of the molecule is COc1ccc(CCNC(=O)CCc2csc(NC(=O)c3ccccc3)n2)cc1OC. The lowest BCUT2D eigenvalue weighted by Gasteiger charge is -2.10. The second-order valence-corrected chi connectivity index (χ2v) is 7.61. The van der Waals surface area contributed by atoms with Gasteiger partial charge in [0, 0.05) is 23.9 Å². The zero-order valence-corrected chi connectivity index (χ0v) is 18.3. The van der Waals surface area contributed by atoms with Crippen molar-refractivity contribution in [2.75, 3.05) is 26.1 Å². The van der Waals surface area contributed by atoms with Gasteiger partial charge in [0.1, 0.15) is 0 Å². The Morgan fingerprint density at radius 1 is 1.00 bits per heavy atom. The summed E-state index contributed by atoms with van der Waals surface area (Å²) in [5.74, 6) is 1.11. The molecule has 1 heterocycles. The third-order valence-corrected chi connectivity index (χ3v) is 5.41. The van der Waals surface area contributed by atoms with Crippen LogP contribution in [0.1, 0.15) is 28.0 Å². The van der Waals surface area contributed by atoms with Crippen LogP contribution in [-0.4, -0.2) is 37.6 Å². The molecule has 3 aromatic rings. The quantitative estimate of drug-likeness (QED) is 0.503. The molecule has 2 aromatic carbocycles. The predicted octanol–water partition coefficient (Wildman–Crippen LogP) is 3.70. The molecular formula is C23H25N3O4S. The Balaban J connectivity index is 1.40.